The molecule has 0 atom stereocenters. The molecule has 0 unspecified atom stereocenters. The van der Waals surface area contributed by atoms with Crippen molar-refractivity contribution in [3.8, 4) is 23.6 Å². The van der Waals surface area contributed by atoms with Gasteiger partial charge in [0, 0.05) is 28.3 Å². The number of imidazole rings is 1. The maximum absolute atomic E-state index is 6.30. The van der Waals surface area contributed by atoms with Crippen LogP contribution >= 0.6 is 15.9 Å². The largest absolute Gasteiger partial charge is 0.383 e. The molecule has 1 aliphatic carbocycles. The molecule has 0 radical (unpaired) electrons. The molecular formula is C16H17BrN4. The third-order valence-electron chi connectivity index (χ3n) is 3.98. The highest BCUT2D eigenvalue weighted by Gasteiger charge is 2.25. The van der Waals surface area contributed by atoms with Gasteiger partial charge in [0.2, 0.25) is 0 Å². The zero-order chi connectivity index (χ0) is 14.8. The Bertz CT molecular complexity index is 693. The molecule has 2 heterocycles. The fourth-order valence-electron chi connectivity index (χ4n) is 2.99. The summed E-state index contributed by atoms with van der Waals surface area (Å²) in [5, 5.41) is 0. The molecule has 2 N–H and O–H groups in total. The van der Waals surface area contributed by atoms with Gasteiger partial charge in [0.15, 0.2) is 0 Å². The quantitative estimate of drug-likeness (QED) is 0.865. The normalized spacial score (nSPS) is 15.2. The van der Waals surface area contributed by atoms with Crippen molar-refractivity contribution in [2.24, 2.45) is 0 Å². The summed E-state index contributed by atoms with van der Waals surface area (Å²) in [7, 11) is 0. The number of hydrogen-bond acceptors (Lipinski definition) is 3. The Labute approximate surface area is 132 Å². The van der Waals surface area contributed by atoms with Gasteiger partial charge in [-0.25, -0.2) is 4.98 Å². The molecule has 0 aliphatic heterocycles. The maximum Gasteiger partial charge on any atom is 0.132 e. The van der Waals surface area contributed by atoms with E-state index in [1.165, 1.54) is 12.8 Å². The highest BCUT2D eigenvalue weighted by molar-refractivity contribution is 9.10. The lowest BCUT2D eigenvalue weighted by Crippen LogP contribution is -2.09. The molecule has 0 bridgehead atoms. The lowest BCUT2D eigenvalue weighted by atomic mass is 10.1. The highest BCUT2D eigenvalue weighted by atomic mass is 79.9. The lowest BCUT2D eigenvalue weighted by molar-refractivity contribution is 0.622. The average molecular weight is 345 g/mol. The molecule has 1 aliphatic rings. The molecule has 3 rings (SSSR count). The average Bonchev–Trinajstić information content (AvgIpc) is 3.09. The summed E-state index contributed by atoms with van der Waals surface area (Å²) < 4.78 is 2.89. The van der Waals surface area contributed by atoms with E-state index in [1.807, 2.05) is 10.6 Å². The van der Waals surface area contributed by atoms with Crippen LogP contribution in [0.1, 0.15) is 37.4 Å². The molecule has 5 heteroatoms. The maximum atomic E-state index is 6.30. The van der Waals surface area contributed by atoms with Crippen molar-refractivity contribution in [3.05, 3.63) is 28.8 Å². The third-order valence-corrected chi connectivity index (χ3v) is 4.42. The summed E-state index contributed by atoms with van der Waals surface area (Å²) in [5.74, 6) is 4.81. The lowest BCUT2D eigenvalue weighted by Gasteiger charge is -2.11. The fourth-order valence-corrected chi connectivity index (χ4v) is 3.36. The summed E-state index contributed by atoms with van der Waals surface area (Å²) in [6.07, 6.45) is 13.9. The van der Waals surface area contributed by atoms with Crippen molar-refractivity contribution in [2.75, 3.05) is 5.73 Å². The molecular weight excluding hydrogens is 328 g/mol. The van der Waals surface area contributed by atoms with Crippen LogP contribution in [0.2, 0.25) is 0 Å². The summed E-state index contributed by atoms with van der Waals surface area (Å²) >= 11 is 3.44. The Kier molecular flexibility index (Phi) is 3.98. The first-order valence-electron chi connectivity index (χ1n) is 7.11. The Hall–Kier alpha value is -1.80. The van der Waals surface area contributed by atoms with Gasteiger partial charge >= 0.3 is 0 Å². The first-order valence-corrected chi connectivity index (χ1v) is 7.90. The summed E-state index contributed by atoms with van der Waals surface area (Å²) in [5.41, 5.74) is 7.99. The van der Waals surface area contributed by atoms with Crippen LogP contribution in [-0.2, 0) is 6.54 Å². The van der Waals surface area contributed by atoms with E-state index in [9.17, 15) is 0 Å². The van der Waals surface area contributed by atoms with Crippen LogP contribution in [0.4, 0.5) is 5.82 Å². The van der Waals surface area contributed by atoms with Crippen LogP contribution in [0.15, 0.2) is 22.9 Å². The fraction of sp³-hybridized carbons (Fsp3) is 0.375. The molecule has 2 aromatic heterocycles. The third kappa shape index (κ3) is 2.68. The van der Waals surface area contributed by atoms with Crippen molar-refractivity contribution in [3.63, 3.8) is 0 Å². The Morgan fingerprint density at radius 3 is 2.81 bits per heavy atom. The van der Waals surface area contributed by atoms with Gasteiger partial charge in [-0.1, -0.05) is 18.8 Å². The molecule has 1 saturated carbocycles. The first-order chi connectivity index (χ1) is 10.2. The van der Waals surface area contributed by atoms with Gasteiger partial charge < -0.3 is 10.3 Å². The van der Waals surface area contributed by atoms with Gasteiger partial charge in [0.1, 0.15) is 17.3 Å². The predicted octanol–water partition coefficient (Wildman–Crippen LogP) is 3.58. The molecule has 4 nitrogen and oxygen atoms in total. The molecule has 0 spiro atoms. The molecule has 21 heavy (non-hydrogen) atoms. The molecule has 0 amide bonds. The summed E-state index contributed by atoms with van der Waals surface area (Å²) in [4.78, 5) is 9.00. The number of aromatic nitrogens is 3. The minimum atomic E-state index is 0.464. The van der Waals surface area contributed by atoms with Gasteiger partial charge in [-0.05, 0) is 34.8 Å². The monoisotopic (exact) mass is 344 g/mol. The molecule has 2 aromatic rings. The standard InChI is InChI=1S/C16H17BrN4/c1-2-7-21-15(18)14(12-8-13(17)10-19-9-12)20-16(21)11-5-3-4-6-11/h1,8-11H,3-7,18H2. The number of halogens is 1. The number of rotatable bonds is 3. The van der Waals surface area contributed by atoms with Gasteiger partial charge in [0.25, 0.3) is 0 Å². The summed E-state index contributed by atoms with van der Waals surface area (Å²) in [6.45, 7) is 0.464. The first kappa shape index (κ1) is 14.2. The molecule has 1 fully saturated rings. The number of pyridine rings is 1. The van der Waals surface area contributed by atoms with Crippen LogP contribution in [0.25, 0.3) is 11.3 Å². The van der Waals surface area contributed by atoms with Crippen LogP contribution in [0.3, 0.4) is 0 Å². The van der Waals surface area contributed by atoms with E-state index in [0.717, 1.165) is 34.4 Å². The highest BCUT2D eigenvalue weighted by Crippen LogP contribution is 2.37. The Balaban J connectivity index is 2.09. The van der Waals surface area contributed by atoms with Gasteiger partial charge in [-0.15, -0.1) is 6.42 Å². The van der Waals surface area contributed by atoms with Crippen LogP contribution in [0.5, 0.6) is 0 Å². The summed E-state index contributed by atoms with van der Waals surface area (Å²) in [6, 6.07) is 1.98. The van der Waals surface area contributed by atoms with Crippen molar-refractivity contribution in [2.45, 2.75) is 38.1 Å². The van der Waals surface area contributed by atoms with Crippen LogP contribution < -0.4 is 5.73 Å². The second-order valence-corrected chi connectivity index (χ2v) is 6.28. The number of terminal acetylenes is 1. The number of nitrogens with zero attached hydrogens (tertiary/aromatic N) is 3. The van der Waals surface area contributed by atoms with E-state index in [4.69, 9.17) is 17.1 Å². The van der Waals surface area contributed by atoms with Crippen molar-refractivity contribution in [1.29, 1.82) is 0 Å². The van der Waals surface area contributed by atoms with Crippen LogP contribution in [0, 0.1) is 12.3 Å². The van der Waals surface area contributed by atoms with E-state index in [-0.39, 0.29) is 0 Å². The zero-order valence-electron chi connectivity index (χ0n) is 11.7. The minimum Gasteiger partial charge on any atom is -0.383 e. The van der Waals surface area contributed by atoms with E-state index < -0.39 is 0 Å². The number of hydrogen-bond donors (Lipinski definition) is 1. The second kappa shape index (κ2) is 5.90. The van der Waals surface area contributed by atoms with Gasteiger partial charge in [-0.2, -0.15) is 0 Å². The number of nitrogen functional groups attached to an aromatic ring is 1. The number of nitrogens with two attached hydrogens (primary N) is 1. The van der Waals surface area contributed by atoms with E-state index in [2.05, 4.69) is 26.8 Å². The van der Waals surface area contributed by atoms with Crippen molar-refractivity contribution in [1.82, 2.24) is 14.5 Å². The zero-order valence-corrected chi connectivity index (χ0v) is 13.3. The molecule has 108 valence electrons. The predicted molar refractivity (Wildman–Crippen MR) is 87.6 cm³/mol. The van der Waals surface area contributed by atoms with Crippen molar-refractivity contribution < 1.29 is 0 Å². The number of anilines is 1. The topological polar surface area (TPSA) is 56.7 Å². The van der Waals surface area contributed by atoms with Gasteiger partial charge in [0.05, 0.1) is 6.54 Å². The van der Waals surface area contributed by atoms with E-state index in [1.54, 1.807) is 12.4 Å². The van der Waals surface area contributed by atoms with Crippen LogP contribution in [-0.4, -0.2) is 14.5 Å². The van der Waals surface area contributed by atoms with E-state index in [0.29, 0.717) is 18.3 Å². The molecule has 0 saturated heterocycles. The van der Waals surface area contributed by atoms with Gasteiger partial charge in [-0.3, -0.25) is 4.98 Å². The van der Waals surface area contributed by atoms with Crippen molar-refractivity contribution >= 4 is 21.7 Å². The SMILES string of the molecule is C#CCn1c(C2CCCC2)nc(-c2cncc(Br)c2)c1N. The minimum absolute atomic E-state index is 0.464. The second-order valence-electron chi connectivity index (χ2n) is 5.37. The molecule has 0 aromatic carbocycles. The smallest absolute Gasteiger partial charge is 0.132 e. The Morgan fingerprint density at radius 1 is 1.38 bits per heavy atom. The van der Waals surface area contributed by atoms with E-state index >= 15 is 0 Å². The Morgan fingerprint density at radius 2 is 2.14 bits per heavy atom.